The Bertz CT molecular complexity index is 1670. The molecule has 1 aliphatic rings. The number of nitrogens with one attached hydrogen (secondary N) is 1. The molecule has 0 bridgehead atoms. The predicted molar refractivity (Wildman–Crippen MR) is 161 cm³/mol. The van der Waals surface area contributed by atoms with Gasteiger partial charge in [0.05, 0.1) is 19.9 Å². The summed E-state index contributed by atoms with van der Waals surface area (Å²) in [6.07, 6.45) is 2.24. The Morgan fingerprint density at radius 3 is 2.40 bits per heavy atom. The highest BCUT2D eigenvalue weighted by molar-refractivity contribution is 6.14. The maximum absolute atomic E-state index is 13.0. The Kier molecular flexibility index (Phi) is 7.73. The van der Waals surface area contributed by atoms with Crippen LogP contribution >= 0.6 is 0 Å². The average molecular weight is 570 g/mol. The first-order valence-corrected chi connectivity index (χ1v) is 13.8. The first-order valence-electron chi connectivity index (χ1n) is 13.8. The monoisotopic (exact) mass is 569 g/mol. The smallest absolute Gasteiger partial charge is 0.408 e. The number of ketones is 1. The summed E-state index contributed by atoms with van der Waals surface area (Å²) < 4.78 is 11.6. The number of nitrogens with zero attached hydrogens (tertiary/aromatic N) is 4. The van der Waals surface area contributed by atoms with Crippen LogP contribution in [0.15, 0.2) is 54.7 Å². The molecule has 0 radical (unpaired) electrons. The van der Waals surface area contributed by atoms with Crippen molar-refractivity contribution < 1.29 is 23.9 Å². The van der Waals surface area contributed by atoms with Crippen LogP contribution in [-0.4, -0.2) is 65.7 Å². The van der Waals surface area contributed by atoms with Gasteiger partial charge >= 0.3 is 12.1 Å². The second-order valence-corrected chi connectivity index (χ2v) is 11.6. The number of carbonyl (C=O) groups excluding carboxylic acids is 3. The van der Waals surface area contributed by atoms with Crippen molar-refractivity contribution in [3.63, 3.8) is 0 Å². The topological polar surface area (TPSA) is 116 Å². The lowest BCUT2D eigenvalue weighted by Crippen LogP contribution is -2.46. The van der Waals surface area contributed by atoms with E-state index in [1.54, 1.807) is 27.0 Å². The minimum atomic E-state index is -1.01. The molecule has 3 aromatic carbocycles. The van der Waals surface area contributed by atoms with E-state index in [2.05, 4.69) is 44.8 Å². The summed E-state index contributed by atoms with van der Waals surface area (Å²) in [6.45, 7) is 5.22. The van der Waals surface area contributed by atoms with Crippen LogP contribution in [0.25, 0.3) is 33.2 Å². The van der Waals surface area contributed by atoms with Crippen molar-refractivity contribution in [2.45, 2.75) is 51.8 Å². The van der Waals surface area contributed by atoms with Gasteiger partial charge in [-0.3, -0.25) is 4.79 Å². The Labute approximate surface area is 244 Å². The molecule has 0 spiro atoms. The lowest BCUT2D eigenvalue weighted by atomic mass is 9.89. The lowest BCUT2D eigenvalue weighted by molar-refractivity contribution is -0.143. The molecule has 1 amide bonds. The van der Waals surface area contributed by atoms with Crippen LogP contribution in [0.3, 0.4) is 0 Å². The van der Waals surface area contributed by atoms with Crippen LogP contribution in [0.5, 0.6) is 0 Å². The maximum Gasteiger partial charge on any atom is 0.408 e. The quantitative estimate of drug-likeness (QED) is 0.308. The zero-order valence-corrected chi connectivity index (χ0v) is 24.7. The van der Waals surface area contributed by atoms with Gasteiger partial charge in [-0.2, -0.15) is 0 Å². The Balaban J connectivity index is 1.43. The molecule has 0 saturated carbocycles. The van der Waals surface area contributed by atoms with Gasteiger partial charge in [-0.15, -0.1) is 5.10 Å². The number of hydrogen-bond donors (Lipinski definition) is 1. The number of carbonyl (C=O) groups is 3. The number of anilines is 1. The fourth-order valence-corrected chi connectivity index (χ4v) is 5.19. The van der Waals surface area contributed by atoms with Crippen LogP contribution in [-0.2, 0) is 27.2 Å². The Hall–Kier alpha value is -4.73. The number of Topliss-reactive ketones (excluding diaryl/α,β-unsaturated/α-hetero) is 1. The lowest BCUT2D eigenvalue weighted by Gasteiger charge is -2.22. The van der Waals surface area contributed by atoms with Crippen molar-refractivity contribution in [3.8, 4) is 22.4 Å². The van der Waals surface area contributed by atoms with Crippen LogP contribution in [0.1, 0.15) is 43.1 Å². The molecule has 1 atom stereocenters. The molecule has 218 valence electrons. The van der Waals surface area contributed by atoms with Gasteiger partial charge in [-0.05, 0) is 61.2 Å². The number of esters is 1. The highest BCUT2D eigenvalue weighted by Gasteiger charge is 2.27. The Morgan fingerprint density at radius 2 is 1.74 bits per heavy atom. The molecule has 10 nitrogen and oxygen atoms in total. The highest BCUT2D eigenvalue weighted by Crippen LogP contribution is 2.40. The minimum absolute atomic E-state index is 0.00939. The van der Waals surface area contributed by atoms with E-state index in [1.807, 2.05) is 38.4 Å². The molecule has 1 heterocycles. The summed E-state index contributed by atoms with van der Waals surface area (Å²) in [4.78, 5) is 39.7. The van der Waals surface area contributed by atoms with Crippen LogP contribution in [0, 0.1) is 0 Å². The van der Waals surface area contributed by atoms with E-state index in [9.17, 15) is 14.4 Å². The van der Waals surface area contributed by atoms with Crippen molar-refractivity contribution >= 4 is 34.3 Å². The van der Waals surface area contributed by atoms with E-state index in [0.717, 1.165) is 50.7 Å². The second-order valence-electron chi connectivity index (χ2n) is 11.6. The summed E-state index contributed by atoms with van der Waals surface area (Å²) >= 11 is 0. The average Bonchev–Trinajstić information content (AvgIpc) is 3.56. The summed E-state index contributed by atoms with van der Waals surface area (Å²) in [5, 5.41) is 13.1. The first kappa shape index (κ1) is 28.8. The van der Waals surface area contributed by atoms with Gasteiger partial charge in [-0.1, -0.05) is 41.6 Å². The SMILES string of the molecule is COC(=O)C(Cn1cc(-c2ccc(-c3c4c(cc5ccc(N(C)C)cc35)CCC4=O)cc2)nn1)NC(=O)OC(C)(C)C. The van der Waals surface area contributed by atoms with Gasteiger partial charge in [0.1, 0.15) is 17.3 Å². The largest absolute Gasteiger partial charge is 0.467 e. The molecule has 10 heteroatoms. The van der Waals surface area contributed by atoms with Crippen molar-refractivity contribution in [1.82, 2.24) is 20.3 Å². The number of aryl methyl sites for hydroxylation is 1. The normalized spacial score (nSPS) is 13.5. The summed E-state index contributed by atoms with van der Waals surface area (Å²) in [5.74, 6) is -0.457. The number of hydrogen-bond acceptors (Lipinski definition) is 8. The molecule has 42 heavy (non-hydrogen) atoms. The molecule has 0 fully saturated rings. The molecule has 0 aliphatic heterocycles. The molecule has 5 rings (SSSR count). The zero-order chi connectivity index (χ0) is 30.2. The van der Waals surface area contributed by atoms with Gasteiger partial charge in [0.15, 0.2) is 5.78 Å². The van der Waals surface area contributed by atoms with Gasteiger partial charge in [-0.25, -0.2) is 14.3 Å². The molecule has 1 aromatic heterocycles. The number of benzene rings is 3. The van der Waals surface area contributed by atoms with E-state index < -0.39 is 23.7 Å². The van der Waals surface area contributed by atoms with Gasteiger partial charge in [0.25, 0.3) is 0 Å². The third-order valence-electron chi connectivity index (χ3n) is 7.18. The number of aromatic nitrogens is 3. The number of methoxy groups -OCH3 is 1. The highest BCUT2D eigenvalue weighted by atomic mass is 16.6. The second kappa shape index (κ2) is 11.3. The van der Waals surface area contributed by atoms with Gasteiger partial charge in [0.2, 0.25) is 0 Å². The summed E-state index contributed by atoms with van der Waals surface area (Å²) in [5.41, 5.74) is 5.56. The third kappa shape index (κ3) is 5.97. The molecule has 1 aliphatic carbocycles. The van der Waals surface area contributed by atoms with Crippen LogP contribution in [0.4, 0.5) is 10.5 Å². The molecule has 1 unspecified atom stereocenters. The van der Waals surface area contributed by atoms with E-state index in [1.165, 1.54) is 11.8 Å². The summed E-state index contributed by atoms with van der Waals surface area (Å²) in [7, 11) is 5.26. The third-order valence-corrected chi connectivity index (χ3v) is 7.18. The zero-order valence-electron chi connectivity index (χ0n) is 24.7. The van der Waals surface area contributed by atoms with E-state index >= 15 is 0 Å². The predicted octanol–water partition coefficient (Wildman–Crippen LogP) is 5.03. The maximum atomic E-state index is 13.0. The van der Waals surface area contributed by atoms with Crippen LogP contribution in [0.2, 0.25) is 0 Å². The summed E-state index contributed by atoms with van der Waals surface area (Å²) in [6, 6.07) is 15.4. The van der Waals surface area contributed by atoms with E-state index in [4.69, 9.17) is 9.47 Å². The van der Waals surface area contributed by atoms with Crippen molar-refractivity contribution in [1.29, 1.82) is 0 Å². The number of ether oxygens (including phenoxy) is 2. The van der Waals surface area contributed by atoms with E-state index in [-0.39, 0.29) is 12.3 Å². The number of fused-ring (bicyclic) bond motifs is 2. The van der Waals surface area contributed by atoms with Crippen LogP contribution < -0.4 is 10.2 Å². The number of amides is 1. The molecular formula is C32H35N5O5. The molecule has 0 saturated heterocycles. The molecule has 1 N–H and O–H groups in total. The number of rotatable bonds is 7. The van der Waals surface area contributed by atoms with E-state index in [0.29, 0.717) is 12.1 Å². The fraction of sp³-hybridized carbons (Fsp3) is 0.344. The fourth-order valence-electron chi connectivity index (χ4n) is 5.19. The van der Waals surface area contributed by atoms with Crippen molar-refractivity contribution in [2.24, 2.45) is 0 Å². The van der Waals surface area contributed by atoms with Crippen molar-refractivity contribution in [3.05, 3.63) is 65.9 Å². The molecule has 4 aromatic rings. The van der Waals surface area contributed by atoms with Gasteiger partial charge in [0, 0.05) is 42.9 Å². The standard InChI is InChI=1S/C32H35N5O5/c1-32(2,3)42-31(40)33-26(30(39)41-6)18-37-17-25(34-35-37)19-7-9-20(10-8-19)28-24-16-23(36(4)5)13-11-21(24)15-22-12-14-27(38)29(22)28/h7-11,13,15-17,26H,12,14,18H2,1-6H3,(H,33,40). The molecular weight excluding hydrogens is 534 g/mol. The Morgan fingerprint density at radius 1 is 1.02 bits per heavy atom. The minimum Gasteiger partial charge on any atom is -0.467 e. The van der Waals surface area contributed by atoms with Crippen molar-refractivity contribution in [2.75, 3.05) is 26.1 Å². The first-order chi connectivity index (χ1) is 19.9. The van der Waals surface area contributed by atoms with Gasteiger partial charge < -0.3 is 19.7 Å². The number of alkyl carbamates (subject to hydrolysis) is 1.